The van der Waals surface area contributed by atoms with Gasteiger partial charge in [-0.2, -0.15) is 11.3 Å². The fourth-order valence-corrected chi connectivity index (χ4v) is 4.26. The van der Waals surface area contributed by atoms with Crippen molar-refractivity contribution in [1.82, 2.24) is 4.90 Å². The van der Waals surface area contributed by atoms with E-state index in [-0.39, 0.29) is 24.7 Å². The van der Waals surface area contributed by atoms with Gasteiger partial charge < -0.3 is 14.4 Å². The summed E-state index contributed by atoms with van der Waals surface area (Å²) in [7, 11) is 0. The van der Waals surface area contributed by atoms with Crippen LogP contribution in [0.15, 0.2) is 57.2 Å². The molecule has 26 heavy (non-hydrogen) atoms. The number of nitrogens with zero attached hydrogens (tertiary/aromatic N) is 1. The maximum atomic E-state index is 13.0. The van der Waals surface area contributed by atoms with Gasteiger partial charge in [0.2, 0.25) is 5.91 Å². The zero-order valence-electron chi connectivity index (χ0n) is 14.0. The van der Waals surface area contributed by atoms with Gasteiger partial charge in [-0.1, -0.05) is 6.07 Å². The first-order valence-corrected chi connectivity index (χ1v) is 10.0. The third-order valence-corrected chi connectivity index (χ3v) is 5.79. The predicted molar refractivity (Wildman–Crippen MR) is 101 cm³/mol. The number of furan rings is 1. The summed E-state index contributed by atoms with van der Waals surface area (Å²) in [6.45, 7) is 0.846. The average molecular weight is 389 g/mol. The van der Waals surface area contributed by atoms with E-state index in [1.165, 1.54) is 11.3 Å². The van der Waals surface area contributed by atoms with E-state index < -0.39 is 5.97 Å². The monoisotopic (exact) mass is 389 g/mol. The molecule has 0 fully saturated rings. The molecule has 1 atom stereocenters. The minimum absolute atomic E-state index is 0.0563. The maximum Gasteiger partial charge on any atom is 0.304 e. The maximum absolute atomic E-state index is 13.0. The molecule has 3 rings (SSSR count). The Balaban J connectivity index is 1.75. The summed E-state index contributed by atoms with van der Waals surface area (Å²) in [6.07, 6.45) is 1.69. The molecule has 136 valence electrons. The van der Waals surface area contributed by atoms with E-state index in [1.54, 1.807) is 28.6 Å². The molecule has 5 nitrogen and oxygen atoms in total. The number of hydrogen-bond acceptors (Lipinski definition) is 5. The number of carboxylic acid groups (broad SMARTS) is 1. The summed E-state index contributed by atoms with van der Waals surface area (Å²) in [5, 5.41) is 15.1. The quantitative estimate of drug-likeness (QED) is 0.581. The highest BCUT2D eigenvalue weighted by atomic mass is 32.1. The zero-order chi connectivity index (χ0) is 18.4. The van der Waals surface area contributed by atoms with Crippen molar-refractivity contribution in [3.8, 4) is 0 Å². The van der Waals surface area contributed by atoms with E-state index >= 15 is 0 Å². The summed E-state index contributed by atoms with van der Waals surface area (Å²) >= 11 is 3.07. The minimum atomic E-state index is -0.897. The first kappa shape index (κ1) is 18.4. The Morgan fingerprint density at radius 1 is 1.12 bits per heavy atom. The first-order chi connectivity index (χ1) is 12.6. The molecule has 7 heteroatoms. The molecule has 0 bridgehead atoms. The molecule has 3 heterocycles. The smallest absolute Gasteiger partial charge is 0.304 e. The van der Waals surface area contributed by atoms with E-state index in [0.717, 1.165) is 10.4 Å². The second-order valence-corrected chi connectivity index (χ2v) is 7.73. The number of carbonyl (C=O) groups is 2. The van der Waals surface area contributed by atoms with Gasteiger partial charge in [0.05, 0.1) is 19.2 Å². The van der Waals surface area contributed by atoms with Gasteiger partial charge >= 0.3 is 5.97 Å². The summed E-state index contributed by atoms with van der Waals surface area (Å²) in [4.78, 5) is 26.9. The molecule has 0 aromatic carbocycles. The molecule has 3 aromatic heterocycles. The molecule has 0 spiro atoms. The minimum Gasteiger partial charge on any atom is -0.481 e. The second-order valence-electron chi connectivity index (χ2n) is 5.98. The highest BCUT2D eigenvalue weighted by molar-refractivity contribution is 7.10. The Labute approximate surface area is 159 Å². The first-order valence-electron chi connectivity index (χ1n) is 8.18. The van der Waals surface area contributed by atoms with Crippen LogP contribution < -0.4 is 0 Å². The molecule has 0 aliphatic rings. The van der Waals surface area contributed by atoms with Crippen molar-refractivity contribution in [3.63, 3.8) is 0 Å². The van der Waals surface area contributed by atoms with Crippen molar-refractivity contribution in [3.05, 3.63) is 68.9 Å². The van der Waals surface area contributed by atoms with E-state index in [1.807, 2.05) is 40.4 Å². The number of thiophene rings is 2. The van der Waals surface area contributed by atoms with Crippen LogP contribution in [0.1, 0.15) is 35.0 Å². The lowest BCUT2D eigenvalue weighted by atomic mass is 9.98. The van der Waals surface area contributed by atoms with Crippen LogP contribution in [0.25, 0.3) is 0 Å². The van der Waals surface area contributed by atoms with E-state index in [2.05, 4.69) is 0 Å². The summed E-state index contributed by atoms with van der Waals surface area (Å²) < 4.78 is 5.39. The number of amides is 1. The zero-order valence-corrected chi connectivity index (χ0v) is 15.7. The summed E-state index contributed by atoms with van der Waals surface area (Å²) in [5.74, 6) is -0.583. The Morgan fingerprint density at radius 2 is 2.00 bits per heavy atom. The number of carbonyl (C=O) groups excluding carboxylic acids is 1. The van der Waals surface area contributed by atoms with Crippen molar-refractivity contribution >= 4 is 34.6 Å². The largest absolute Gasteiger partial charge is 0.481 e. The van der Waals surface area contributed by atoms with Gasteiger partial charge in [0.1, 0.15) is 5.76 Å². The lowest BCUT2D eigenvalue weighted by Crippen LogP contribution is -2.31. The highest BCUT2D eigenvalue weighted by Crippen LogP contribution is 2.29. The van der Waals surface area contributed by atoms with Gasteiger partial charge in [-0.05, 0) is 46.0 Å². The van der Waals surface area contributed by atoms with Crippen LogP contribution in [0.2, 0.25) is 0 Å². The van der Waals surface area contributed by atoms with Crippen molar-refractivity contribution in [2.45, 2.75) is 31.8 Å². The summed E-state index contributed by atoms with van der Waals surface area (Å²) in [6, 6.07) is 9.39. The van der Waals surface area contributed by atoms with Gasteiger partial charge in [0.25, 0.3) is 0 Å². The van der Waals surface area contributed by atoms with Crippen molar-refractivity contribution < 1.29 is 19.1 Å². The van der Waals surface area contributed by atoms with Gasteiger partial charge in [-0.15, -0.1) is 11.3 Å². The molecule has 1 amide bonds. The molecule has 0 unspecified atom stereocenters. The van der Waals surface area contributed by atoms with Crippen LogP contribution in [0.5, 0.6) is 0 Å². The van der Waals surface area contributed by atoms with E-state index in [9.17, 15) is 14.7 Å². The van der Waals surface area contributed by atoms with E-state index in [4.69, 9.17) is 4.42 Å². The third-order valence-electron chi connectivity index (χ3n) is 4.02. The Morgan fingerprint density at radius 3 is 2.62 bits per heavy atom. The molecular weight excluding hydrogens is 370 g/mol. The van der Waals surface area contributed by atoms with Crippen LogP contribution in [0.3, 0.4) is 0 Å². The van der Waals surface area contributed by atoms with Gasteiger partial charge in [0.15, 0.2) is 0 Å². The molecule has 0 saturated heterocycles. The average Bonchev–Trinajstić information content (AvgIpc) is 3.36. The lowest BCUT2D eigenvalue weighted by molar-refractivity contribution is -0.138. The van der Waals surface area contributed by atoms with Crippen LogP contribution in [0.4, 0.5) is 0 Å². The molecule has 0 aliphatic carbocycles. The topological polar surface area (TPSA) is 70.8 Å². The number of hydrogen-bond donors (Lipinski definition) is 1. The Bertz CT molecular complexity index is 774. The summed E-state index contributed by atoms with van der Waals surface area (Å²) in [5.41, 5.74) is 1.06. The fourth-order valence-electron chi connectivity index (χ4n) is 2.77. The molecular formula is C19H19NO4S2. The van der Waals surface area contributed by atoms with E-state index in [0.29, 0.717) is 18.8 Å². The predicted octanol–water partition coefficient (Wildman–Crippen LogP) is 4.58. The highest BCUT2D eigenvalue weighted by Gasteiger charge is 2.24. The van der Waals surface area contributed by atoms with Crippen LogP contribution in [0, 0.1) is 0 Å². The van der Waals surface area contributed by atoms with Gasteiger partial charge in [-0.25, -0.2) is 0 Å². The second kappa shape index (κ2) is 8.82. The van der Waals surface area contributed by atoms with Crippen molar-refractivity contribution in [1.29, 1.82) is 0 Å². The molecule has 0 saturated carbocycles. The van der Waals surface area contributed by atoms with Crippen LogP contribution in [-0.2, 0) is 22.7 Å². The SMILES string of the molecule is O=C(O)C[C@H](CC(=O)N(Cc1ccsc1)Cc1ccco1)c1cccs1. The van der Waals surface area contributed by atoms with Crippen molar-refractivity contribution in [2.24, 2.45) is 0 Å². The molecule has 0 radical (unpaired) electrons. The number of carboxylic acids is 1. The Kier molecular flexibility index (Phi) is 6.25. The third kappa shape index (κ3) is 5.06. The normalized spacial score (nSPS) is 12.0. The number of rotatable bonds is 9. The molecule has 1 N–H and O–H groups in total. The molecule has 0 aliphatic heterocycles. The van der Waals surface area contributed by atoms with Crippen LogP contribution >= 0.6 is 22.7 Å². The lowest BCUT2D eigenvalue weighted by Gasteiger charge is -2.23. The van der Waals surface area contributed by atoms with Gasteiger partial charge in [0, 0.05) is 23.8 Å². The number of aliphatic carboxylic acids is 1. The standard InChI is InChI=1S/C19H19NO4S2/c21-18(9-15(10-19(22)23)17-4-2-7-26-17)20(11-14-5-8-25-13-14)12-16-3-1-6-24-16/h1-8,13,15H,9-12H2,(H,22,23)/t15-/m0/s1. The van der Waals surface area contributed by atoms with Crippen LogP contribution in [-0.4, -0.2) is 21.9 Å². The van der Waals surface area contributed by atoms with Gasteiger partial charge in [-0.3, -0.25) is 9.59 Å². The molecule has 3 aromatic rings. The van der Waals surface area contributed by atoms with Crippen molar-refractivity contribution in [2.75, 3.05) is 0 Å². The Hall–Kier alpha value is -2.38. The fraction of sp³-hybridized carbons (Fsp3) is 0.263.